The Kier molecular flexibility index (Phi) is 6.21. The molecule has 5 rings (SSSR count). The van der Waals surface area contributed by atoms with Gasteiger partial charge in [0.2, 0.25) is 0 Å². The highest BCUT2D eigenvalue weighted by atomic mass is 32.1. The first kappa shape index (κ1) is 22.1. The van der Waals surface area contributed by atoms with Crippen molar-refractivity contribution in [1.82, 2.24) is 34.8 Å². The van der Waals surface area contributed by atoms with E-state index in [1.165, 1.54) is 22.2 Å². The molecule has 12 heteroatoms. The third-order valence-electron chi connectivity index (χ3n) is 6.49. The molecule has 33 heavy (non-hydrogen) atoms. The minimum Gasteiger partial charge on any atom is -0.364 e. The van der Waals surface area contributed by atoms with Crippen LogP contribution >= 0.6 is 11.3 Å². The van der Waals surface area contributed by atoms with Crippen LogP contribution in [0, 0.1) is 0 Å². The zero-order valence-corrected chi connectivity index (χ0v) is 18.8. The molecule has 1 aliphatic heterocycles. The molecule has 1 amide bonds. The first-order valence-electron chi connectivity index (χ1n) is 11.1. The number of alkyl halides is 2. The number of nitrogens with one attached hydrogen (secondary N) is 1. The minimum absolute atomic E-state index is 0.0996. The van der Waals surface area contributed by atoms with Gasteiger partial charge < -0.3 is 11.1 Å². The van der Waals surface area contributed by atoms with Crippen molar-refractivity contribution in [2.24, 2.45) is 5.73 Å². The Balaban J connectivity index is 1.34. The summed E-state index contributed by atoms with van der Waals surface area (Å²) in [5.41, 5.74) is 6.02. The molecule has 176 valence electrons. The number of hydrogen-bond donors (Lipinski definition) is 2. The lowest BCUT2D eigenvalue weighted by Crippen LogP contribution is -2.49. The van der Waals surface area contributed by atoms with E-state index in [9.17, 15) is 13.6 Å². The third-order valence-corrected chi connectivity index (χ3v) is 7.38. The van der Waals surface area contributed by atoms with Crippen molar-refractivity contribution in [2.45, 2.75) is 44.2 Å². The monoisotopic (exact) mass is 476 g/mol. The van der Waals surface area contributed by atoms with Crippen LogP contribution in [0.4, 0.5) is 8.78 Å². The van der Waals surface area contributed by atoms with E-state index in [4.69, 9.17) is 5.73 Å². The van der Waals surface area contributed by atoms with Crippen molar-refractivity contribution in [3.05, 3.63) is 35.4 Å². The van der Waals surface area contributed by atoms with E-state index in [1.807, 2.05) is 0 Å². The molecule has 2 aliphatic rings. The first-order valence-corrected chi connectivity index (χ1v) is 12.0. The summed E-state index contributed by atoms with van der Waals surface area (Å²) in [6, 6.07) is 0.660. The van der Waals surface area contributed by atoms with Gasteiger partial charge in [-0.1, -0.05) is 0 Å². The van der Waals surface area contributed by atoms with Crippen molar-refractivity contribution < 1.29 is 13.6 Å². The quantitative estimate of drug-likeness (QED) is 0.567. The van der Waals surface area contributed by atoms with E-state index < -0.39 is 12.3 Å². The van der Waals surface area contributed by atoms with Crippen LogP contribution < -0.4 is 11.1 Å². The highest BCUT2D eigenvalue weighted by Crippen LogP contribution is 2.34. The molecule has 3 aromatic rings. The predicted octanol–water partition coefficient (Wildman–Crippen LogP) is 2.62. The number of aromatic nitrogens is 5. The Morgan fingerprint density at radius 2 is 1.88 bits per heavy atom. The van der Waals surface area contributed by atoms with Crippen LogP contribution in [0.3, 0.4) is 0 Å². The highest BCUT2D eigenvalue weighted by Gasteiger charge is 2.30. The van der Waals surface area contributed by atoms with Crippen LogP contribution in [0.25, 0.3) is 16.3 Å². The van der Waals surface area contributed by atoms with Gasteiger partial charge >= 0.3 is 0 Å². The molecule has 0 spiro atoms. The number of rotatable bonds is 6. The average Bonchev–Trinajstić information content (AvgIpc) is 3.58. The average molecular weight is 477 g/mol. The zero-order valence-electron chi connectivity index (χ0n) is 18.0. The van der Waals surface area contributed by atoms with Crippen molar-refractivity contribution in [3.63, 3.8) is 0 Å². The Hall–Kier alpha value is -2.70. The third kappa shape index (κ3) is 4.55. The maximum Gasteiger partial charge on any atom is 0.284 e. The maximum absolute atomic E-state index is 13.8. The summed E-state index contributed by atoms with van der Waals surface area (Å²) in [7, 11) is 0. The van der Waals surface area contributed by atoms with Gasteiger partial charge in [-0.15, -0.1) is 11.3 Å². The second-order valence-corrected chi connectivity index (χ2v) is 9.36. The number of primary amides is 1. The van der Waals surface area contributed by atoms with E-state index >= 15 is 0 Å². The summed E-state index contributed by atoms with van der Waals surface area (Å²) in [5, 5.41) is 14.0. The number of halogens is 2. The number of nitrogens with two attached hydrogens (primary N) is 1. The van der Waals surface area contributed by atoms with E-state index in [1.54, 1.807) is 22.5 Å². The van der Waals surface area contributed by atoms with Crippen LogP contribution in [0.2, 0.25) is 0 Å². The molecule has 0 unspecified atom stereocenters. The molecule has 0 bridgehead atoms. The second kappa shape index (κ2) is 9.27. The fourth-order valence-corrected chi connectivity index (χ4v) is 5.52. The summed E-state index contributed by atoms with van der Waals surface area (Å²) in [5.74, 6) is -0.613. The molecule has 0 atom stereocenters. The van der Waals surface area contributed by atoms with Gasteiger partial charge in [0.05, 0.1) is 18.4 Å². The van der Waals surface area contributed by atoms with Gasteiger partial charge in [0.15, 0.2) is 5.69 Å². The Morgan fingerprint density at radius 1 is 1.15 bits per heavy atom. The number of amides is 1. The standard InChI is InChI=1S/C21H26F2N8OS/c22-19(23)18-17(31-10-13(9-26-31)21-27-16(12-33-21)20(24)32)11-30(28-18)15-3-1-14(2-4-15)29-7-5-25-6-8-29/h9-12,14-15,19,25H,1-8H2,(H2,24,32). The number of carbonyl (C=O) groups excluding carboxylic acids is 1. The molecule has 1 saturated carbocycles. The summed E-state index contributed by atoms with van der Waals surface area (Å²) in [6.07, 6.45) is 6.03. The molecule has 3 N–H and O–H groups in total. The summed E-state index contributed by atoms with van der Waals surface area (Å²) < 4.78 is 30.8. The number of thiazole rings is 1. The summed E-state index contributed by atoms with van der Waals surface area (Å²) in [6.45, 7) is 4.19. The van der Waals surface area contributed by atoms with Crippen molar-refractivity contribution in [3.8, 4) is 16.3 Å². The summed E-state index contributed by atoms with van der Waals surface area (Å²) >= 11 is 1.25. The van der Waals surface area contributed by atoms with Crippen molar-refractivity contribution in [2.75, 3.05) is 26.2 Å². The number of piperazine rings is 1. The normalized spacial score (nSPS) is 22.2. The van der Waals surface area contributed by atoms with Gasteiger partial charge in [-0.3, -0.25) is 14.4 Å². The lowest BCUT2D eigenvalue weighted by molar-refractivity contribution is 0.0996. The van der Waals surface area contributed by atoms with Crippen LogP contribution in [0.1, 0.15) is 54.3 Å². The van der Waals surface area contributed by atoms with Gasteiger partial charge in [0.1, 0.15) is 16.4 Å². The largest absolute Gasteiger partial charge is 0.364 e. The maximum atomic E-state index is 13.8. The predicted molar refractivity (Wildman–Crippen MR) is 120 cm³/mol. The fraction of sp³-hybridized carbons (Fsp3) is 0.524. The molecule has 0 aromatic carbocycles. The number of carbonyl (C=O) groups is 1. The van der Waals surface area contributed by atoms with E-state index in [0.29, 0.717) is 16.6 Å². The number of nitrogens with zero attached hydrogens (tertiary/aromatic N) is 6. The topological polar surface area (TPSA) is 107 Å². The van der Waals surface area contributed by atoms with Gasteiger partial charge in [-0.2, -0.15) is 10.2 Å². The molecule has 0 radical (unpaired) electrons. The molecule has 3 aromatic heterocycles. The minimum atomic E-state index is -2.72. The lowest BCUT2D eigenvalue weighted by atomic mass is 9.90. The lowest BCUT2D eigenvalue weighted by Gasteiger charge is -2.39. The van der Waals surface area contributed by atoms with Gasteiger partial charge in [0.25, 0.3) is 12.3 Å². The SMILES string of the molecule is NC(=O)c1csc(-c2cnn(-c3cn(C4CCC(N5CCNCC5)CC4)nc3C(F)F)c2)n1. The van der Waals surface area contributed by atoms with E-state index in [2.05, 4.69) is 25.4 Å². The summed E-state index contributed by atoms with van der Waals surface area (Å²) in [4.78, 5) is 18.0. The second-order valence-electron chi connectivity index (χ2n) is 8.50. The molecule has 1 aliphatic carbocycles. The zero-order chi connectivity index (χ0) is 22.9. The van der Waals surface area contributed by atoms with E-state index in [-0.39, 0.29) is 23.1 Å². The molecular weight excluding hydrogens is 450 g/mol. The van der Waals surface area contributed by atoms with Crippen LogP contribution in [0.15, 0.2) is 24.0 Å². The van der Waals surface area contributed by atoms with E-state index in [0.717, 1.165) is 51.9 Å². The molecule has 4 heterocycles. The smallest absolute Gasteiger partial charge is 0.284 e. The Bertz CT molecular complexity index is 1110. The van der Waals surface area contributed by atoms with Gasteiger partial charge in [-0.25, -0.2) is 18.4 Å². The Morgan fingerprint density at radius 3 is 2.55 bits per heavy atom. The van der Waals surface area contributed by atoms with Gasteiger partial charge in [0, 0.05) is 49.4 Å². The molecule has 9 nitrogen and oxygen atoms in total. The molecule has 1 saturated heterocycles. The van der Waals surface area contributed by atoms with Crippen molar-refractivity contribution in [1.29, 1.82) is 0 Å². The fourth-order valence-electron chi connectivity index (χ4n) is 4.73. The van der Waals surface area contributed by atoms with Crippen LogP contribution in [-0.2, 0) is 0 Å². The first-order chi connectivity index (χ1) is 16.0. The molecule has 2 fully saturated rings. The number of hydrogen-bond acceptors (Lipinski definition) is 7. The van der Waals surface area contributed by atoms with Crippen LogP contribution in [-0.4, -0.2) is 67.6 Å². The highest BCUT2D eigenvalue weighted by molar-refractivity contribution is 7.13. The van der Waals surface area contributed by atoms with Crippen molar-refractivity contribution >= 4 is 17.2 Å². The molecular formula is C21H26F2N8OS. The Labute approximate surface area is 193 Å². The van der Waals surface area contributed by atoms with Crippen LogP contribution in [0.5, 0.6) is 0 Å². The van der Waals surface area contributed by atoms with Gasteiger partial charge in [-0.05, 0) is 25.7 Å².